The van der Waals surface area contributed by atoms with Crippen molar-refractivity contribution in [3.05, 3.63) is 54.1 Å². The summed E-state index contributed by atoms with van der Waals surface area (Å²) >= 11 is 0. The normalized spacial score (nSPS) is 14.3. The monoisotopic (exact) mass is 380 g/mol. The second-order valence-electron chi connectivity index (χ2n) is 7.44. The molecule has 5 heteroatoms. The fourth-order valence-electron chi connectivity index (χ4n) is 3.49. The molecule has 28 heavy (non-hydrogen) atoms. The van der Waals surface area contributed by atoms with Gasteiger partial charge in [-0.15, -0.1) is 0 Å². The molecule has 5 nitrogen and oxygen atoms in total. The minimum atomic E-state index is -0.267. The molecule has 0 heterocycles. The average Bonchev–Trinajstić information content (AvgIpc) is 2.70. The van der Waals surface area contributed by atoms with E-state index in [1.54, 1.807) is 12.1 Å². The van der Waals surface area contributed by atoms with Crippen molar-refractivity contribution in [2.24, 2.45) is 5.92 Å². The minimum Gasteiger partial charge on any atom is -0.455 e. The highest BCUT2D eigenvalue weighted by Crippen LogP contribution is 2.29. The molecule has 1 aliphatic rings. The van der Waals surface area contributed by atoms with Gasteiger partial charge in [0, 0.05) is 6.42 Å². The minimum absolute atomic E-state index is 0.0373. The van der Waals surface area contributed by atoms with Crippen LogP contribution in [0.4, 0.5) is 5.69 Å². The Morgan fingerprint density at radius 1 is 0.964 bits per heavy atom. The number of para-hydroxylation sites is 2. The van der Waals surface area contributed by atoms with Gasteiger partial charge in [0.05, 0.1) is 12.2 Å². The number of benzene rings is 2. The summed E-state index contributed by atoms with van der Waals surface area (Å²) in [6, 6.07) is 15.0. The summed E-state index contributed by atoms with van der Waals surface area (Å²) in [7, 11) is 0. The van der Waals surface area contributed by atoms with E-state index in [1.807, 2.05) is 43.3 Å². The first-order chi connectivity index (χ1) is 13.6. The van der Waals surface area contributed by atoms with Crippen LogP contribution in [0.1, 0.15) is 44.1 Å². The van der Waals surface area contributed by atoms with E-state index >= 15 is 0 Å². The van der Waals surface area contributed by atoms with Gasteiger partial charge in [0.1, 0.15) is 5.75 Å². The summed E-state index contributed by atoms with van der Waals surface area (Å²) < 4.78 is 5.89. The SMILES string of the molecule is Cc1ccc(Oc2ccccc2NC(=O)CNC(=O)CC2CCCCC2)cc1. The molecule has 0 saturated heterocycles. The highest BCUT2D eigenvalue weighted by atomic mass is 16.5. The maximum Gasteiger partial charge on any atom is 0.243 e. The molecule has 1 aliphatic carbocycles. The van der Waals surface area contributed by atoms with Gasteiger partial charge in [0.15, 0.2) is 5.75 Å². The van der Waals surface area contributed by atoms with Crippen LogP contribution < -0.4 is 15.4 Å². The molecular weight excluding hydrogens is 352 g/mol. The van der Waals surface area contributed by atoms with Crippen molar-refractivity contribution in [1.82, 2.24) is 5.32 Å². The fraction of sp³-hybridized carbons (Fsp3) is 0.391. The molecule has 2 amide bonds. The molecule has 1 fully saturated rings. The topological polar surface area (TPSA) is 67.4 Å². The van der Waals surface area contributed by atoms with Crippen molar-refractivity contribution in [1.29, 1.82) is 0 Å². The predicted molar refractivity (Wildman–Crippen MR) is 111 cm³/mol. The fourth-order valence-corrected chi connectivity index (χ4v) is 3.49. The molecule has 1 saturated carbocycles. The number of amides is 2. The van der Waals surface area contributed by atoms with Crippen LogP contribution in [-0.4, -0.2) is 18.4 Å². The van der Waals surface area contributed by atoms with Gasteiger partial charge in [-0.3, -0.25) is 9.59 Å². The van der Waals surface area contributed by atoms with E-state index in [9.17, 15) is 9.59 Å². The average molecular weight is 380 g/mol. The molecule has 0 bridgehead atoms. The maximum absolute atomic E-state index is 12.3. The van der Waals surface area contributed by atoms with Gasteiger partial charge in [0.25, 0.3) is 0 Å². The van der Waals surface area contributed by atoms with E-state index in [-0.39, 0.29) is 18.4 Å². The number of aryl methyl sites for hydroxylation is 1. The molecule has 0 unspecified atom stereocenters. The third kappa shape index (κ3) is 6.12. The number of nitrogens with one attached hydrogen (secondary N) is 2. The van der Waals surface area contributed by atoms with E-state index in [0.29, 0.717) is 29.5 Å². The Balaban J connectivity index is 1.51. The Morgan fingerprint density at radius 2 is 1.68 bits per heavy atom. The molecule has 3 rings (SSSR count). The van der Waals surface area contributed by atoms with Gasteiger partial charge in [-0.2, -0.15) is 0 Å². The number of rotatable bonds is 7. The Morgan fingerprint density at radius 3 is 2.43 bits per heavy atom. The van der Waals surface area contributed by atoms with Crippen LogP contribution in [0.15, 0.2) is 48.5 Å². The summed E-state index contributed by atoms with van der Waals surface area (Å²) in [5.74, 6) is 1.41. The van der Waals surface area contributed by atoms with Crippen molar-refractivity contribution in [3.8, 4) is 11.5 Å². The quantitative estimate of drug-likeness (QED) is 0.724. The molecular formula is C23H28N2O3. The van der Waals surface area contributed by atoms with Crippen molar-refractivity contribution >= 4 is 17.5 Å². The zero-order valence-electron chi connectivity index (χ0n) is 16.4. The van der Waals surface area contributed by atoms with E-state index in [1.165, 1.54) is 19.3 Å². The maximum atomic E-state index is 12.3. The van der Waals surface area contributed by atoms with E-state index < -0.39 is 0 Å². The largest absolute Gasteiger partial charge is 0.455 e. The van der Waals surface area contributed by atoms with Gasteiger partial charge in [-0.25, -0.2) is 0 Å². The lowest BCUT2D eigenvalue weighted by Crippen LogP contribution is -2.34. The molecule has 2 N–H and O–H groups in total. The number of anilines is 1. The molecule has 148 valence electrons. The molecule has 0 aliphatic heterocycles. The lowest BCUT2D eigenvalue weighted by Gasteiger charge is -2.20. The van der Waals surface area contributed by atoms with Crippen molar-refractivity contribution in [3.63, 3.8) is 0 Å². The van der Waals surface area contributed by atoms with Crippen LogP contribution in [0.2, 0.25) is 0 Å². The number of ether oxygens (including phenoxy) is 1. The second-order valence-corrected chi connectivity index (χ2v) is 7.44. The van der Waals surface area contributed by atoms with Crippen LogP contribution in [0.3, 0.4) is 0 Å². The summed E-state index contributed by atoms with van der Waals surface area (Å²) in [6.45, 7) is 1.98. The first-order valence-electron chi connectivity index (χ1n) is 10.0. The summed E-state index contributed by atoms with van der Waals surface area (Å²) in [6.07, 6.45) is 6.42. The number of carbonyl (C=O) groups excluding carboxylic acids is 2. The van der Waals surface area contributed by atoms with E-state index in [4.69, 9.17) is 4.74 Å². The van der Waals surface area contributed by atoms with Crippen LogP contribution in [-0.2, 0) is 9.59 Å². The molecule has 0 aromatic heterocycles. The Kier molecular flexibility index (Phi) is 7.06. The Hall–Kier alpha value is -2.82. The van der Waals surface area contributed by atoms with Gasteiger partial charge in [-0.05, 0) is 49.9 Å². The third-order valence-electron chi connectivity index (χ3n) is 5.05. The Bertz CT molecular complexity index is 796. The first kappa shape index (κ1) is 19.9. The summed E-state index contributed by atoms with van der Waals surface area (Å²) in [4.78, 5) is 24.4. The lowest BCUT2D eigenvalue weighted by atomic mass is 9.87. The van der Waals surface area contributed by atoms with Crippen molar-refractivity contribution < 1.29 is 14.3 Å². The third-order valence-corrected chi connectivity index (χ3v) is 5.05. The molecule has 2 aromatic carbocycles. The molecule has 0 radical (unpaired) electrons. The Labute approximate surface area is 166 Å². The molecule has 0 atom stereocenters. The van der Waals surface area contributed by atoms with Gasteiger partial charge in [-0.1, -0.05) is 49.1 Å². The van der Waals surface area contributed by atoms with Crippen LogP contribution in [0.25, 0.3) is 0 Å². The standard InChI is InChI=1S/C23H28N2O3/c1-17-11-13-19(14-12-17)28-21-10-6-5-9-20(21)25-23(27)16-24-22(26)15-18-7-3-2-4-8-18/h5-6,9-14,18H,2-4,7-8,15-16H2,1H3,(H,24,26)(H,25,27). The highest BCUT2D eigenvalue weighted by molar-refractivity contribution is 5.95. The second kappa shape index (κ2) is 9.93. The van der Waals surface area contributed by atoms with Crippen molar-refractivity contribution in [2.45, 2.75) is 45.4 Å². The zero-order chi connectivity index (χ0) is 19.8. The zero-order valence-corrected chi connectivity index (χ0v) is 16.4. The van der Waals surface area contributed by atoms with Crippen molar-refractivity contribution in [2.75, 3.05) is 11.9 Å². The smallest absolute Gasteiger partial charge is 0.243 e. The molecule has 0 spiro atoms. The predicted octanol–water partition coefficient (Wildman–Crippen LogP) is 4.81. The van der Waals surface area contributed by atoms with Gasteiger partial charge in [0.2, 0.25) is 11.8 Å². The van der Waals surface area contributed by atoms with Gasteiger partial charge < -0.3 is 15.4 Å². The van der Waals surface area contributed by atoms with Crippen LogP contribution >= 0.6 is 0 Å². The van der Waals surface area contributed by atoms with E-state index in [0.717, 1.165) is 18.4 Å². The first-order valence-corrected chi connectivity index (χ1v) is 10.0. The van der Waals surface area contributed by atoms with Gasteiger partial charge >= 0.3 is 0 Å². The number of hydrogen-bond acceptors (Lipinski definition) is 3. The van der Waals surface area contributed by atoms with Crippen LogP contribution in [0, 0.1) is 12.8 Å². The molecule has 2 aromatic rings. The number of carbonyl (C=O) groups is 2. The summed E-state index contributed by atoms with van der Waals surface area (Å²) in [5, 5.41) is 5.56. The van der Waals surface area contributed by atoms with E-state index in [2.05, 4.69) is 10.6 Å². The van der Waals surface area contributed by atoms with Crippen LogP contribution in [0.5, 0.6) is 11.5 Å². The highest BCUT2D eigenvalue weighted by Gasteiger charge is 2.17. The summed E-state index contributed by atoms with van der Waals surface area (Å²) in [5.41, 5.74) is 1.73. The number of hydrogen-bond donors (Lipinski definition) is 2. The lowest BCUT2D eigenvalue weighted by molar-refractivity contribution is -0.125.